The molecule has 16 rings (SSSR count). The molecule has 1 aliphatic carbocycles. The molecule has 0 spiro atoms. The summed E-state index contributed by atoms with van der Waals surface area (Å²) >= 11 is 1.84. The molecule has 0 aromatic heterocycles. The topological polar surface area (TPSA) is 12.5 Å². The zero-order chi connectivity index (χ0) is 70.3. The van der Waals surface area contributed by atoms with Crippen molar-refractivity contribution in [3.05, 3.63) is 456 Å². The van der Waals surface area contributed by atoms with Crippen LogP contribution in [0.2, 0.25) is 0 Å². The first-order valence-electron chi connectivity index (χ1n) is 34.8. The second kappa shape index (κ2) is 39.3. The number of para-hydroxylation sites is 3. The molecule has 0 radical (unpaired) electrons. The first-order chi connectivity index (χ1) is 49.4. The van der Waals surface area contributed by atoms with E-state index < -0.39 is 0 Å². The van der Waals surface area contributed by atoms with E-state index >= 15 is 0 Å². The molecule has 102 heavy (non-hydrogen) atoms. The van der Waals surface area contributed by atoms with E-state index in [1.165, 1.54) is 110 Å². The maximum Gasteiger partial charge on any atom is 0.127 e. The van der Waals surface area contributed by atoms with Crippen molar-refractivity contribution in [1.82, 2.24) is 0 Å². The molecule has 0 fully saturated rings. The second-order valence-electron chi connectivity index (χ2n) is 25.6. The molecule has 15 aromatic carbocycles. The molecule has 508 valence electrons. The number of nitrogens with zero attached hydrogens (tertiary/aromatic N) is 1. The Morgan fingerprint density at radius 2 is 0.745 bits per heavy atom. The Labute approximate surface area is 613 Å². The van der Waals surface area contributed by atoms with Crippen LogP contribution in [0.1, 0.15) is 76.9 Å². The van der Waals surface area contributed by atoms with Gasteiger partial charge in [-0.25, -0.2) is 0 Å². The second-order valence-corrected chi connectivity index (χ2v) is 26.7. The number of hydrogen-bond donors (Lipinski definition) is 0. The third-order valence-electron chi connectivity index (χ3n) is 17.5. The summed E-state index contributed by atoms with van der Waals surface area (Å²) in [5, 5.41) is 2.63. The predicted octanol–water partition coefficient (Wildman–Crippen LogP) is 27.7. The van der Waals surface area contributed by atoms with Gasteiger partial charge in [0.05, 0.1) is 0 Å². The van der Waals surface area contributed by atoms with Gasteiger partial charge in [-0.3, -0.25) is 0 Å². The van der Waals surface area contributed by atoms with Crippen molar-refractivity contribution in [1.29, 1.82) is 0 Å². The van der Waals surface area contributed by atoms with Crippen LogP contribution in [0.4, 0.5) is 11.4 Å². The standard InChI is InChI=1S/C17H14.C15H16S.C15H16.C14H15N.C13H10.C12H10O.C12H10.CH4/c1-2-6-14(7-3-1)12-15-10-11-16-8-4-5-9-17(16)13-15;1-11-5-8-14(9-6-11)16-15-10-12(2)4-7-13(15)3;1-15(2,13-9-5-3-6-10-13)14-11-7-4-8-12-14;1-12-7-6-10-14(11-12)15(2)13-8-4-3-5-9-13;1-3-7-12-10(5-1)9-11-6-2-4-8-13(11)12;1-3-7-11(8-4-1)13-12-9-5-2-6-10-12;1-3-7-11(8-4-1)12-9-5-2-6-10-12;/h1-11,13H,12H2;4-10H,1-3H3;3-12H,1-2H3;3-11H,1-2H3;1-8H,9H2;1-10H;1-10H;1H4. The lowest BCUT2D eigenvalue weighted by Gasteiger charge is -2.25. The molecule has 0 unspecified atom stereocenters. The van der Waals surface area contributed by atoms with Crippen molar-refractivity contribution in [2.75, 3.05) is 11.9 Å². The molecule has 0 aliphatic heterocycles. The smallest absolute Gasteiger partial charge is 0.127 e. The normalized spacial score (nSPS) is 10.5. The van der Waals surface area contributed by atoms with E-state index in [9.17, 15) is 0 Å². The third kappa shape index (κ3) is 23.0. The molecule has 0 heterocycles. The Balaban J connectivity index is 0.000000139. The third-order valence-corrected chi connectivity index (χ3v) is 18.7. The van der Waals surface area contributed by atoms with E-state index in [1.807, 2.05) is 90.6 Å². The molecule has 0 saturated carbocycles. The average molecular weight is 1350 g/mol. The van der Waals surface area contributed by atoms with Crippen molar-refractivity contribution in [2.24, 2.45) is 0 Å². The number of anilines is 2. The van der Waals surface area contributed by atoms with Gasteiger partial charge in [0.25, 0.3) is 0 Å². The van der Waals surface area contributed by atoms with Gasteiger partial charge in [-0.15, -0.1) is 0 Å². The summed E-state index contributed by atoms with van der Waals surface area (Å²) < 4.78 is 5.58. The van der Waals surface area contributed by atoms with Gasteiger partial charge < -0.3 is 9.64 Å². The van der Waals surface area contributed by atoms with Crippen LogP contribution < -0.4 is 9.64 Å². The summed E-state index contributed by atoms with van der Waals surface area (Å²) in [5.41, 5.74) is 21.5. The molecule has 0 N–H and O–H groups in total. The SMILES string of the molecule is C.CC(C)(c1ccccc1)c1ccccc1.Cc1ccc(Sc2cc(C)ccc2C)cc1.Cc1cccc(N(C)c2ccccc2)c1.c1ccc(-c2ccccc2)cc1.c1ccc(Cc2ccc3ccccc3c2)cc1.c1ccc(Oc2ccccc2)cc1.c1ccc2c(c1)Cc1ccccc1-2. The molecule has 3 heteroatoms. The lowest BCUT2D eigenvalue weighted by molar-refractivity contribution is 0.482. The number of benzene rings is 15. The number of fused-ring (bicyclic) bond motifs is 4. The number of ether oxygens (including phenoxy) is 1. The number of hydrogen-bond acceptors (Lipinski definition) is 3. The maximum atomic E-state index is 5.58. The first-order valence-corrected chi connectivity index (χ1v) is 35.6. The zero-order valence-electron chi connectivity index (χ0n) is 59.3. The highest BCUT2D eigenvalue weighted by molar-refractivity contribution is 7.99. The van der Waals surface area contributed by atoms with Crippen molar-refractivity contribution >= 4 is 33.9 Å². The van der Waals surface area contributed by atoms with Crippen molar-refractivity contribution in [3.63, 3.8) is 0 Å². The van der Waals surface area contributed by atoms with E-state index in [4.69, 9.17) is 4.74 Å². The molecule has 0 amide bonds. The molecule has 15 aromatic rings. The monoisotopic (exact) mass is 1350 g/mol. The summed E-state index contributed by atoms with van der Waals surface area (Å²) in [4.78, 5) is 4.84. The quantitative estimate of drug-likeness (QED) is 0.128. The highest BCUT2D eigenvalue weighted by Gasteiger charge is 2.22. The molecule has 2 nitrogen and oxygen atoms in total. The molecule has 0 saturated heterocycles. The fourth-order valence-corrected chi connectivity index (χ4v) is 12.7. The minimum atomic E-state index is 0. The molecular formula is C99H95NOS. The van der Waals surface area contributed by atoms with Crippen LogP contribution in [0.5, 0.6) is 11.5 Å². The van der Waals surface area contributed by atoms with Crippen molar-refractivity contribution < 1.29 is 4.74 Å². The predicted molar refractivity (Wildman–Crippen MR) is 441 cm³/mol. The summed E-state index contributed by atoms with van der Waals surface area (Å²) in [5.74, 6) is 1.74. The largest absolute Gasteiger partial charge is 0.457 e. The summed E-state index contributed by atoms with van der Waals surface area (Å²) in [6.07, 6.45) is 2.11. The lowest BCUT2D eigenvalue weighted by atomic mass is 9.78. The van der Waals surface area contributed by atoms with Crippen molar-refractivity contribution in [3.8, 4) is 33.8 Å². The van der Waals surface area contributed by atoms with Crippen LogP contribution in [-0.4, -0.2) is 7.05 Å². The van der Waals surface area contributed by atoms with Gasteiger partial charge in [0.15, 0.2) is 0 Å². The van der Waals surface area contributed by atoms with Gasteiger partial charge in [0.1, 0.15) is 11.5 Å². The first kappa shape index (κ1) is 74.7. The maximum absolute atomic E-state index is 5.58. The van der Waals surface area contributed by atoms with Crippen molar-refractivity contribution in [2.45, 2.75) is 77.0 Å². The zero-order valence-corrected chi connectivity index (χ0v) is 60.1. The fourth-order valence-electron chi connectivity index (χ4n) is 11.7. The number of aryl methyl sites for hydroxylation is 4. The Bertz CT molecular complexity index is 4700. The Hall–Kier alpha value is -11.5. The minimum absolute atomic E-state index is 0. The van der Waals surface area contributed by atoms with Crippen LogP contribution in [0.3, 0.4) is 0 Å². The van der Waals surface area contributed by atoms with Gasteiger partial charge in [0.2, 0.25) is 0 Å². The van der Waals surface area contributed by atoms with Gasteiger partial charge in [0, 0.05) is 33.6 Å². The van der Waals surface area contributed by atoms with Gasteiger partial charge in [-0.05, 0) is 190 Å². The highest BCUT2D eigenvalue weighted by atomic mass is 32.2. The Morgan fingerprint density at radius 1 is 0.333 bits per heavy atom. The average Bonchev–Trinajstić information content (AvgIpc) is 1.55. The van der Waals surface area contributed by atoms with E-state index in [0.29, 0.717) is 0 Å². The number of rotatable bonds is 11. The van der Waals surface area contributed by atoms with Crippen LogP contribution in [0.15, 0.2) is 410 Å². The van der Waals surface area contributed by atoms with Gasteiger partial charge in [-0.2, -0.15) is 0 Å². The van der Waals surface area contributed by atoms with E-state index in [-0.39, 0.29) is 12.8 Å². The van der Waals surface area contributed by atoms with Gasteiger partial charge >= 0.3 is 0 Å². The highest BCUT2D eigenvalue weighted by Crippen LogP contribution is 2.36. The molecule has 1 aliphatic rings. The van der Waals surface area contributed by atoms with Gasteiger partial charge in [-0.1, -0.05) is 372 Å². The molecular weight excluding hydrogens is 1250 g/mol. The van der Waals surface area contributed by atoms with E-state index in [0.717, 1.165) is 24.3 Å². The van der Waals surface area contributed by atoms with E-state index in [1.54, 1.807) is 0 Å². The summed E-state index contributed by atoms with van der Waals surface area (Å²) in [7, 11) is 2.09. The van der Waals surface area contributed by atoms with Crippen LogP contribution in [-0.2, 0) is 18.3 Å². The molecule has 0 bridgehead atoms. The van der Waals surface area contributed by atoms with Crippen LogP contribution >= 0.6 is 11.8 Å². The Morgan fingerprint density at radius 3 is 1.25 bits per heavy atom. The van der Waals surface area contributed by atoms with Crippen LogP contribution in [0, 0.1) is 27.7 Å². The fraction of sp³-hybridized carbons (Fsp3) is 0.111. The minimum Gasteiger partial charge on any atom is -0.457 e. The molecule has 0 atom stereocenters. The van der Waals surface area contributed by atoms with E-state index in [2.05, 4.69) is 375 Å². The summed E-state index contributed by atoms with van der Waals surface area (Å²) in [6, 6.07) is 139. The van der Waals surface area contributed by atoms with Crippen LogP contribution in [0.25, 0.3) is 33.0 Å². The lowest BCUT2D eigenvalue weighted by Crippen LogP contribution is -2.18. The summed E-state index contributed by atoms with van der Waals surface area (Å²) in [6.45, 7) is 13.1. The Kier molecular flexibility index (Phi) is 28.8.